The second kappa shape index (κ2) is 6.02. The van der Waals surface area contributed by atoms with Crippen LogP contribution in [0.15, 0.2) is 0 Å². The van der Waals surface area contributed by atoms with Gasteiger partial charge in [0, 0.05) is 13.1 Å². The highest BCUT2D eigenvalue weighted by Gasteiger charge is 2.22. The van der Waals surface area contributed by atoms with Gasteiger partial charge in [0.25, 0.3) is 5.91 Å². The Labute approximate surface area is 86.1 Å². The van der Waals surface area contributed by atoms with Crippen molar-refractivity contribution in [2.24, 2.45) is 0 Å². The first-order chi connectivity index (χ1) is 6.75. The van der Waals surface area contributed by atoms with Gasteiger partial charge in [-0.15, -0.1) is 0 Å². The maximum absolute atomic E-state index is 11.7. The van der Waals surface area contributed by atoms with Gasteiger partial charge in [-0.05, 0) is 25.7 Å². The van der Waals surface area contributed by atoms with Gasteiger partial charge in [-0.25, -0.2) is 0 Å². The van der Waals surface area contributed by atoms with Gasteiger partial charge in [-0.1, -0.05) is 19.8 Å². The Bertz CT molecular complexity index is 176. The number of nitrogens with zero attached hydrogens (tertiary/aromatic N) is 1. The number of aliphatic hydroxyl groups excluding tert-OH is 1. The summed E-state index contributed by atoms with van der Waals surface area (Å²) in [7, 11) is 0. The number of carbonyl (C=O) groups is 1. The summed E-state index contributed by atoms with van der Waals surface area (Å²) in [6.45, 7) is 3.74. The number of hydrogen-bond acceptors (Lipinski definition) is 2. The molecule has 82 valence electrons. The van der Waals surface area contributed by atoms with Gasteiger partial charge >= 0.3 is 0 Å². The zero-order valence-corrected chi connectivity index (χ0v) is 9.04. The fourth-order valence-corrected chi connectivity index (χ4v) is 1.85. The van der Waals surface area contributed by atoms with Crippen LogP contribution in [-0.4, -0.2) is 35.1 Å². The third kappa shape index (κ3) is 3.29. The van der Waals surface area contributed by atoms with E-state index in [2.05, 4.69) is 6.92 Å². The van der Waals surface area contributed by atoms with Crippen LogP contribution in [0.3, 0.4) is 0 Å². The summed E-state index contributed by atoms with van der Waals surface area (Å²) in [5, 5.41) is 9.61. The highest BCUT2D eigenvalue weighted by atomic mass is 16.3. The van der Waals surface area contributed by atoms with Crippen LogP contribution >= 0.6 is 0 Å². The molecule has 0 saturated carbocycles. The van der Waals surface area contributed by atoms with Gasteiger partial charge < -0.3 is 10.0 Å². The number of carbonyl (C=O) groups excluding carboxylic acids is 1. The van der Waals surface area contributed by atoms with Crippen LogP contribution in [0.25, 0.3) is 0 Å². The van der Waals surface area contributed by atoms with Crippen molar-refractivity contribution in [2.75, 3.05) is 13.1 Å². The van der Waals surface area contributed by atoms with E-state index in [1.54, 1.807) is 0 Å². The molecule has 14 heavy (non-hydrogen) atoms. The predicted octanol–water partition coefficient (Wildman–Crippen LogP) is 1.55. The van der Waals surface area contributed by atoms with Crippen molar-refractivity contribution in [3.63, 3.8) is 0 Å². The van der Waals surface area contributed by atoms with Crippen LogP contribution in [0.2, 0.25) is 0 Å². The quantitative estimate of drug-likeness (QED) is 0.746. The third-order valence-corrected chi connectivity index (χ3v) is 2.78. The van der Waals surface area contributed by atoms with Gasteiger partial charge in [-0.3, -0.25) is 4.79 Å². The summed E-state index contributed by atoms with van der Waals surface area (Å²) in [5.74, 6) is -0.0573. The molecule has 1 N–H and O–H groups in total. The maximum Gasteiger partial charge on any atom is 0.251 e. The molecule has 0 radical (unpaired) electrons. The Morgan fingerprint density at radius 1 is 1.36 bits per heavy atom. The van der Waals surface area contributed by atoms with Crippen molar-refractivity contribution in [2.45, 2.75) is 51.6 Å². The number of rotatable bonds is 4. The van der Waals surface area contributed by atoms with Gasteiger partial charge in [0.05, 0.1) is 0 Å². The normalized spacial score (nSPS) is 19.4. The van der Waals surface area contributed by atoms with E-state index in [0.717, 1.165) is 38.8 Å². The fourth-order valence-electron chi connectivity index (χ4n) is 1.85. The number of unbranched alkanes of at least 4 members (excludes halogenated alkanes) is 1. The summed E-state index contributed by atoms with van der Waals surface area (Å²) in [6, 6.07) is 0. The average Bonchev–Trinajstić information content (AvgIpc) is 2.26. The lowest BCUT2D eigenvalue weighted by atomic mass is 10.1. The van der Waals surface area contributed by atoms with Crippen LogP contribution in [0, 0.1) is 0 Å². The SMILES string of the molecule is CCCCC(O)C(=O)N1CCCCC1. The molecule has 3 nitrogen and oxygen atoms in total. The highest BCUT2D eigenvalue weighted by molar-refractivity contribution is 5.80. The summed E-state index contributed by atoms with van der Waals surface area (Å²) in [4.78, 5) is 13.5. The molecule has 1 aliphatic rings. The Morgan fingerprint density at radius 2 is 2.00 bits per heavy atom. The van der Waals surface area contributed by atoms with E-state index in [0.29, 0.717) is 6.42 Å². The summed E-state index contributed by atoms with van der Waals surface area (Å²) >= 11 is 0. The van der Waals surface area contributed by atoms with E-state index >= 15 is 0 Å². The second-order valence-corrected chi connectivity index (χ2v) is 4.04. The van der Waals surface area contributed by atoms with Gasteiger partial charge in [0.1, 0.15) is 6.10 Å². The van der Waals surface area contributed by atoms with Crippen LogP contribution in [-0.2, 0) is 4.79 Å². The van der Waals surface area contributed by atoms with Crippen molar-refractivity contribution >= 4 is 5.91 Å². The summed E-state index contributed by atoms with van der Waals surface area (Å²) in [5.41, 5.74) is 0. The molecule has 3 heteroatoms. The molecule has 1 amide bonds. The van der Waals surface area contributed by atoms with E-state index in [1.807, 2.05) is 4.90 Å². The summed E-state index contributed by atoms with van der Waals surface area (Å²) < 4.78 is 0. The van der Waals surface area contributed by atoms with Crippen molar-refractivity contribution in [1.82, 2.24) is 4.90 Å². The summed E-state index contributed by atoms with van der Waals surface area (Å²) in [6.07, 6.45) is 5.22. The monoisotopic (exact) mass is 199 g/mol. The lowest BCUT2D eigenvalue weighted by Gasteiger charge is -2.28. The van der Waals surface area contributed by atoms with Gasteiger partial charge in [-0.2, -0.15) is 0 Å². The third-order valence-electron chi connectivity index (χ3n) is 2.78. The van der Waals surface area contributed by atoms with E-state index < -0.39 is 6.10 Å². The number of hydrogen-bond donors (Lipinski definition) is 1. The first-order valence-corrected chi connectivity index (χ1v) is 5.72. The zero-order chi connectivity index (χ0) is 10.4. The minimum atomic E-state index is -0.756. The van der Waals surface area contributed by atoms with E-state index in [1.165, 1.54) is 6.42 Å². The Kier molecular flexibility index (Phi) is 4.94. The van der Waals surface area contributed by atoms with E-state index in [4.69, 9.17) is 0 Å². The molecule has 0 aromatic carbocycles. The average molecular weight is 199 g/mol. The number of aliphatic hydroxyl groups is 1. The topological polar surface area (TPSA) is 40.5 Å². The van der Waals surface area contributed by atoms with Gasteiger partial charge in [0.2, 0.25) is 0 Å². The standard InChI is InChI=1S/C11H21NO2/c1-2-3-7-10(13)11(14)12-8-5-4-6-9-12/h10,13H,2-9H2,1H3. The molecule has 1 unspecified atom stereocenters. The lowest BCUT2D eigenvalue weighted by Crippen LogP contribution is -2.42. The molecular weight excluding hydrogens is 178 g/mol. The fraction of sp³-hybridized carbons (Fsp3) is 0.909. The van der Waals surface area contributed by atoms with Crippen molar-refractivity contribution in [1.29, 1.82) is 0 Å². The molecule has 1 rings (SSSR count). The number of likely N-dealkylation sites (tertiary alicyclic amines) is 1. The minimum Gasteiger partial charge on any atom is -0.383 e. The Morgan fingerprint density at radius 3 is 2.57 bits per heavy atom. The van der Waals surface area contributed by atoms with Crippen molar-refractivity contribution in [3.05, 3.63) is 0 Å². The minimum absolute atomic E-state index is 0.0573. The maximum atomic E-state index is 11.7. The zero-order valence-electron chi connectivity index (χ0n) is 9.04. The van der Waals surface area contributed by atoms with Gasteiger partial charge in [0.15, 0.2) is 0 Å². The molecule has 1 fully saturated rings. The first kappa shape index (κ1) is 11.5. The Hall–Kier alpha value is -0.570. The molecule has 0 spiro atoms. The molecule has 1 heterocycles. The predicted molar refractivity (Wildman–Crippen MR) is 56.0 cm³/mol. The largest absolute Gasteiger partial charge is 0.383 e. The Balaban J connectivity index is 2.30. The molecule has 0 aromatic rings. The van der Waals surface area contributed by atoms with Crippen molar-refractivity contribution in [3.8, 4) is 0 Å². The molecular formula is C11H21NO2. The van der Waals surface area contributed by atoms with E-state index in [9.17, 15) is 9.90 Å². The smallest absolute Gasteiger partial charge is 0.251 e. The molecule has 1 aliphatic heterocycles. The lowest BCUT2D eigenvalue weighted by molar-refractivity contribution is -0.141. The highest BCUT2D eigenvalue weighted by Crippen LogP contribution is 2.12. The van der Waals surface area contributed by atoms with Crippen LogP contribution in [0.5, 0.6) is 0 Å². The van der Waals surface area contributed by atoms with Crippen molar-refractivity contribution < 1.29 is 9.90 Å². The van der Waals surface area contributed by atoms with Crippen LogP contribution in [0.1, 0.15) is 45.4 Å². The molecule has 0 aromatic heterocycles. The van der Waals surface area contributed by atoms with E-state index in [-0.39, 0.29) is 5.91 Å². The number of piperidine rings is 1. The number of amides is 1. The first-order valence-electron chi connectivity index (χ1n) is 5.72. The molecule has 1 saturated heterocycles. The van der Waals surface area contributed by atoms with Crippen LogP contribution < -0.4 is 0 Å². The second-order valence-electron chi connectivity index (χ2n) is 4.04. The molecule has 0 aliphatic carbocycles. The molecule has 1 atom stereocenters. The van der Waals surface area contributed by atoms with Crippen LogP contribution in [0.4, 0.5) is 0 Å². The molecule has 0 bridgehead atoms.